The second-order valence-corrected chi connectivity index (χ2v) is 13.7. The molecule has 2 aliphatic heterocycles. The lowest BCUT2D eigenvalue weighted by Gasteiger charge is -2.23. The number of Topliss-reactive ketones (excluding diaryl/α,β-unsaturated/α-hetero) is 1. The summed E-state index contributed by atoms with van der Waals surface area (Å²) in [6, 6.07) is 0. The Morgan fingerprint density at radius 3 is 2.41 bits per heavy atom. The number of ether oxygens (including phenoxy) is 2. The van der Waals surface area contributed by atoms with Crippen molar-refractivity contribution in [2.24, 2.45) is 17.8 Å². The Kier molecular flexibility index (Phi) is 9.35. The fraction of sp³-hybridized carbons (Fsp3) is 0.400. The SMILES string of the molecule is C=Cc1c2[nH]c(c1C)/C=C1\N/C(=C3\c4[nH]c(c(C)c4C(=O)[C@@H]3C(O)OC)/C=c3\[nH]/c(c(C)c3CC)=C\2)[C@@H](CCC(=O)OCC=C(C)C)[C@@H]1C. The summed E-state index contributed by atoms with van der Waals surface area (Å²) in [7, 11) is 1.41. The van der Waals surface area contributed by atoms with Gasteiger partial charge in [0.1, 0.15) is 12.5 Å². The van der Waals surface area contributed by atoms with Crippen LogP contribution in [0, 0.1) is 38.5 Å². The summed E-state index contributed by atoms with van der Waals surface area (Å²) in [5.41, 5.74) is 12.7. The van der Waals surface area contributed by atoms with Gasteiger partial charge in [0.25, 0.3) is 0 Å². The molecule has 0 saturated carbocycles. The van der Waals surface area contributed by atoms with Crippen LogP contribution in [0.2, 0.25) is 0 Å². The molecule has 0 amide bonds. The minimum atomic E-state index is -1.35. The van der Waals surface area contributed by atoms with Crippen molar-refractivity contribution in [2.75, 3.05) is 13.7 Å². The topological polar surface area (TPSA) is 132 Å². The number of allylic oxidation sites excluding steroid dienone is 3. The zero-order valence-corrected chi connectivity index (χ0v) is 29.8. The number of carbonyl (C=O) groups is 2. The van der Waals surface area contributed by atoms with Crippen molar-refractivity contribution in [3.8, 4) is 0 Å². The molecule has 1 unspecified atom stereocenters. The highest BCUT2D eigenvalue weighted by atomic mass is 16.6. The van der Waals surface area contributed by atoms with Crippen molar-refractivity contribution >= 4 is 41.6 Å². The molecule has 1 saturated heterocycles. The van der Waals surface area contributed by atoms with Crippen LogP contribution in [0.4, 0.5) is 0 Å². The monoisotopic (exact) mass is 664 g/mol. The highest BCUT2D eigenvalue weighted by Crippen LogP contribution is 2.49. The van der Waals surface area contributed by atoms with E-state index in [1.165, 1.54) is 12.7 Å². The zero-order valence-electron chi connectivity index (χ0n) is 29.8. The molecule has 4 atom stereocenters. The minimum absolute atomic E-state index is 0.0486. The third-order valence-corrected chi connectivity index (χ3v) is 10.6. The lowest BCUT2D eigenvalue weighted by atomic mass is 9.84. The Morgan fingerprint density at radius 2 is 1.73 bits per heavy atom. The summed E-state index contributed by atoms with van der Waals surface area (Å²) < 4.78 is 10.9. The van der Waals surface area contributed by atoms with Gasteiger partial charge >= 0.3 is 5.97 Å². The van der Waals surface area contributed by atoms with Crippen LogP contribution in [-0.2, 0) is 20.7 Å². The Bertz CT molecular complexity index is 2080. The number of aromatic nitrogens is 3. The van der Waals surface area contributed by atoms with Gasteiger partial charge in [-0.05, 0) is 94.0 Å². The van der Waals surface area contributed by atoms with Gasteiger partial charge in [-0.2, -0.15) is 0 Å². The smallest absolute Gasteiger partial charge is 0.306 e. The molecular weight excluding hydrogens is 616 g/mol. The van der Waals surface area contributed by atoms with Crippen LogP contribution in [-0.4, -0.2) is 51.8 Å². The summed E-state index contributed by atoms with van der Waals surface area (Å²) in [6.07, 6.45) is 10.3. The number of ketones is 1. The van der Waals surface area contributed by atoms with E-state index in [4.69, 9.17) is 9.47 Å². The lowest BCUT2D eigenvalue weighted by molar-refractivity contribution is -0.142. The molecule has 5 N–H and O–H groups in total. The molecule has 6 rings (SSSR count). The average molecular weight is 665 g/mol. The van der Waals surface area contributed by atoms with Gasteiger partial charge in [-0.1, -0.05) is 32.1 Å². The fourth-order valence-electron chi connectivity index (χ4n) is 7.75. The number of H-pyrrole nitrogens is 3. The van der Waals surface area contributed by atoms with Gasteiger partial charge in [-0.3, -0.25) is 9.59 Å². The number of methoxy groups -OCH3 is 1. The van der Waals surface area contributed by atoms with Gasteiger partial charge in [-0.15, -0.1) is 0 Å². The normalized spacial score (nSPS) is 23.9. The van der Waals surface area contributed by atoms with Crippen LogP contribution >= 0.6 is 0 Å². The molecule has 3 aromatic heterocycles. The molecular formula is C40H48N4O5. The standard InChI is InChI=1S/C40H48N4O5/c1-10-24-20(5)27-16-29-22(7)26(12-13-33(45)49-15-14-19(3)4)37(43-29)35-36(40(47)48-9)39(46)34-23(8)30(44-38(34)35)18-32-25(11-2)21(6)28(42-32)17-31(24)41-27/h10,14,16-18,22,26,36,40-44,47H,1,11-13,15H2,2-9H3/b28-17-,29-16-,32-18-,37-35-/t22-,26-,36+,40?/m0/s1. The van der Waals surface area contributed by atoms with Crippen LogP contribution in [0.3, 0.4) is 0 Å². The van der Waals surface area contributed by atoms with Crippen molar-refractivity contribution in [3.63, 3.8) is 0 Å². The number of hydrogen-bond donors (Lipinski definition) is 5. The number of aliphatic hydroxyl groups excluding tert-OH is 1. The predicted molar refractivity (Wildman–Crippen MR) is 194 cm³/mol. The van der Waals surface area contributed by atoms with E-state index in [0.29, 0.717) is 23.3 Å². The van der Waals surface area contributed by atoms with Crippen LogP contribution in [0.1, 0.15) is 101 Å². The Balaban J connectivity index is 1.62. The molecule has 1 fully saturated rings. The lowest BCUT2D eigenvalue weighted by Crippen LogP contribution is -2.29. The summed E-state index contributed by atoms with van der Waals surface area (Å²) in [5, 5.41) is 16.9. The van der Waals surface area contributed by atoms with Gasteiger partial charge in [0, 0.05) is 81.2 Å². The summed E-state index contributed by atoms with van der Waals surface area (Å²) in [4.78, 5) is 38.1. The maximum atomic E-state index is 14.3. The predicted octanol–water partition coefficient (Wildman–Crippen LogP) is 5.45. The van der Waals surface area contributed by atoms with Gasteiger partial charge in [0.05, 0.1) is 5.69 Å². The maximum Gasteiger partial charge on any atom is 0.306 e. The summed E-state index contributed by atoms with van der Waals surface area (Å²) in [6.45, 7) is 18.7. The molecule has 9 nitrogen and oxygen atoms in total. The van der Waals surface area contributed by atoms with Crippen LogP contribution < -0.4 is 16.0 Å². The molecule has 8 bridgehead atoms. The van der Waals surface area contributed by atoms with Crippen molar-refractivity contribution < 1.29 is 24.2 Å². The minimum Gasteiger partial charge on any atom is -0.461 e. The number of rotatable bonds is 9. The van der Waals surface area contributed by atoms with Crippen molar-refractivity contribution in [1.29, 1.82) is 0 Å². The Hall–Kier alpha value is -4.60. The zero-order chi connectivity index (χ0) is 35.3. The number of hydrogen-bond acceptors (Lipinski definition) is 6. The van der Waals surface area contributed by atoms with Crippen molar-refractivity contribution in [1.82, 2.24) is 20.3 Å². The number of aromatic amines is 3. The Morgan fingerprint density at radius 1 is 1.02 bits per heavy atom. The molecule has 258 valence electrons. The molecule has 0 spiro atoms. The largest absolute Gasteiger partial charge is 0.461 e. The van der Waals surface area contributed by atoms with Gasteiger partial charge in [-0.25, -0.2) is 0 Å². The van der Waals surface area contributed by atoms with E-state index in [0.717, 1.165) is 73.4 Å². The second-order valence-electron chi connectivity index (χ2n) is 13.7. The summed E-state index contributed by atoms with van der Waals surface area (Å²) >= 11 is 0. The maximum absolute atomic E-state index is 14.3. The van der Waals surface area contributed by atoms with Gasteiger partial charge < -0.3 is 34.8 Å². The van der Waals surface area contributed by atoms with Gasteiger partial charge in [0.2, 0.25) is 0 Å². The van der Waals surface area contributed by atoms with E-state index < -0.39 is 12.2 Å². The number of nitrogens with one attached hydrogen (secondary N) is 4. The highest BCUT2D eigenvalue weighted by molar-refractivity contribution is 6.15. The van der Waals surface area contributed by atoms with E-state index in [1.807, 2.05) is 32.9 Å². The van der Waals surface area contributed by atoms with Gasteiger partial charge in [0.15, 0.2) is 12.1 Å². The summed E-state index contributed by atoms with van der Waals surface area (Å²) in [5.74, 6) is -1.63. The van der Waals surface area contributed by atoms with Crippen LogP contribution in [0.25, 0.3) is 29.9 Å². The van der Waals surface area contributed by atoms with E-state index >= 15 is 0 Å². The van der Waals surface area contributed by atoms with E-state index in [9.17, 15) is 14.7 Å². The first kappa shape index (κ1) is 34.3. The molecule has 3 aliphatic rings. The van der Waals surface area contributed by atoms with Crippen molar-refractivity contribution in [3.05, 3.63) is 96.5 Å². The molecule has 49 heavy (non-hydrogen) atoms. The highest BCUT2D eigenvalue weighted by Gasteiger charge is 2.48. The molecule has 3 aromatic rings. The quantitative estimate of drug-likeness (QED) is 0.118. The van der Waals surface area contributed by atoms with E-state index in [2.05, 4.69) is 72.8 Å². The number of carbonyl (C=O) groups excluding carboxylic acids is 2. The number of esters is 1. The van der Waals surface area contributed by atoms with E-state index in [-0.39, 0.29) is 36.6 Å². The second kappa shape index (κ2) is 13.4. The first-order chi connectivity index (χ1) is 23.4. The molecule has 0 aromatic carbocycles. The van der Waals surface area contributed by atoms with E-state index in [1.54, 1.807) is 0 Å². The van der Waals surface area contributed by atoms with Crippen molar-refractivity contribution in [2.45, 2.75) is 74.0 Å². The molecule has 5 heterocycles. The molecule has 9 heteroatoms. The third-order valence-electron chi connectivity index (χ3n) is 10.6. The molecule has 0 radical (unpaired) electrons. The fourth-order valence-corrected chi connectivity index (χ4v) is 7.75. The first-order valence-corrected chi connectivity index (χ1v) is 17.2. The van der Waals surface area contributed by atoms with Crippen LogP contribution in [0.5, 0.6) is 0 Å². The molecule has 1 aliphatic carbocycles. The number of fused-ring (bicyclic) bond motifs is 7. The average Bonchev–Trinajstić information content (AvgIpc) is 3.80. The van der Waals surface area contributed by atoms with Crippen LogP contribution in [0.15, 0.2) is 29.6 Å². The number of aliphatic hydroxyl groups is 1. The Labute approximate surface area is 287 Å². The third kappa shape index (κ3) is 5.89. The first-order valence-electron chi connectivity index (χ1n) is 17.2.